The molecule has 4 rings (SSSR count). The summed E-state index contributed by atoms with van der Waals surface area (Å²) in [7, 11) is 0. The van der Waals surface area contributed by atoms with Crippen molar-refractivity contribution in [3.63, 3.8) is 0 Å². The number of carbonyl (C=O) groups is 1. The molecule has 0 radical (unpaired) electrons. The molecule has 1 aliphatic rings. The van der Waals surface area contributed by atoms with Crippen molar-refractivity contribution >= 4 is 5.91 Å². The van der Waals surface area contributed by atoms with Crippen molar-refractivity contribution < 1.29 is 9.21 Å². The molecule has 0 aromatic carbocycles. The van der Waals surface area contributed by atoms with Gasteiger partial charge >= 0.3 is 0 Å². The number of fused-ring (bicyclic) bond motifs is 1. The largest absolute Gasteiger partial charge is 0.459 e. The van der Waals surface area contributed by atoms with Gasteiger partial charge < -0.3 is 14.3 Å². The molecule has 0 spiro atoms. The van der Waals surface area contributed by atoms with Crippen LogP contribution in [0.2, 0.25) is 0 Å². The van der Waals surface area contributed by atoms with E-state index in [0.717, 1.165) is 29.7 Å². The minimum atomic E-state index is -0.202. The second-order valence-electron chi connectivity index (χ2n) is 6.48. The topological polar surface area (TPSA) is 77.1 Å². The Morgan fingerprint density at radius 3 is 2.96 bits per heavy atom. The molecule has 3 heterocycles. The standard InChI is InChI=1S/C20H19N3O3/c24-19-8-5-15-11-16(22-20(25)18-4-2-10-26-18)6-7-17(15)23(19)13-14-3-1-9-21-12-14/h1-5,8-10,12,16H,6-7,11,13H2,(H,22,25)/t16-/m0/s1. The van der Waals surface area contributed by atoms with Gasteiger partial charge in [-0.25, -0.2) is 0 Å². The number of amides is 1. The lowest BCUT2D eigenvalue weighted by atomic mass is 9.91. The summed E-state index contributed by atoms with van der Waals surface area (Å²) in [5.41, 5.74) is 3.14. The Kier molecular flexibility index (Phi) is 4.39. The fraction of sp³-hybridized carbons (Fsp3) is 0.250. The van der Waals surface area contributed by atoms with Crippen LogP contribution in [0, 0.1) is 0 Å². The zero-order valence-corrected chi connectivity index (χ0v) is 14.2. The quantitative estimate of drug-likeness (QED) is 0.783. The van der Waals surface area contributed by atoms with Gasteiger partial charge in [-0.15, -0.1) is 0 Å². The predicted octanol–water partition coefficient (Wildman–Crippen LogP) is 2.17. The maximum absolute atomic E-state index is 12.4. The van der Waals surface area contributed by atoms with Crippen LogP contribution in [-0.2, 0) is 19.4 Å². The molecule has 132 valence electrons. The number of nitrogens with zero attached hydrogens (tertiary/aromatic N) is 2. The number of aromatic nitrogens is 2. The Hall–Kier alpha value is -3.15. The Balaban J connectivity index is 1.54. The maximum atomic E-state index is 12.4. The minimum Gasteiger partial charge on any atom is -0.459 e. The molecule has 0 saturated heterocycles. The summed E-state index contributed by atoms with van der Waals surface area (Å²) in [6.45, 7) is 0.513. The van der Waals surface area contributed by atoms with Crippen molar-refractivity contribution in [2.75, 3.05) is 0 Å². The first-order valence-corrected chi connectivity index (χ1v) is 8.65. The van der Waals surface area contributed by atoms with Gasteiger partial charge in [0, 0.05) is 30.2 Å². The summed E-state index contributed by atoms with van der Waals surface area (Å²) in [6.07, 6.45) is 7.22. The highest BCUT2D eigenvalue weighted by Crippen LogP contribution is 2.21. The zero-order chi connectivity index (χ0) is 17.9. The van der Waals surface area contributed by atoms with Crippen molar-refractivity contribution in [2.24, 2.45) is 0 Å². The average molecular weight is 349 g/mol. The lowest BCUT2D eigenvalue weighted by Crippen LogP contribution is -2.40. The van der Waals surface area contributed by atoms with Crippen molar-refractivity contribution in [1.82, 2.24) is 14.9 Å². The first-order valence-electron chi connectivity index (χ1n) is 8.65. The molecule has 0 unspecified atom stereocenters. The van der Waals surface area contributed by atoms with E-state index < -0.39 is 0 Å². The van der Waals surface area contributed by atoms with Crippen molar-refractivity contribution in [3.05, 3.63) is 88.0 Å². The van der Waals surface area contributed by atoms with E-state index in [-0.39, 0.29) is 17.5 Å². The lowest BCUT2D eigenvalue weighted by molar-refractivity contribution is 0.0905. The van der Waals surface area contributed by atoms with Gasteiger partial charge in [0.1, 0.15) is 0 Å². The number of pyridine rings is 2. The third kappa shape index (κ3) is 3.31. The highest BCUT2D eigenvalue weighted by Gasteiger charge is 2.24. The van der Waals surface area contributed by atoms with Crippen LogP contribution < -0.4 is 10.9 Å². The molecule has 1 N–H and O–H groups in total. The summed E-state index contributed by atoms with van der Waals surface area (Å²) in [5, 5.41) is 3.02. The third-order valence-electron chi connectivity index (χ3n) is 4.73. The van der Waals surface area contributed by atoms with Crippen LogP contribution in [0.3, 0.4) is 0 Å². The van der Waals surface area contributed by atoms with Crippen LogP contribution in [0.5, 0.6) is 0 Å². The minimum absolute atomic E-state index is 0.00864. The highest BCUT2D eigenvalue weighted by molar-refractivity contribution is 5.91. The molecule has 0 saturated carbocycles. The van der Waals surface area contributed by atoms with Gasteiger partial charge in [-0.2, -0.15) is 0 Å². The van der Waals surface area contributed by atoms with Gasteiger partial charge in [0.15, 0.2) is 5.76 Å². The SMILES string of the molecule is O=C(N[C@H]1CCc2c(ccc(=O)n2Cc2cccnc2)C1)c1ccco1. The van der Waals surface area contributed by atoms with Crippen LogP contribution in [0.4, 0.5) is 0 Å². The molecule has 0 fully saturated rings. The maximum Gasteiger partial charge on any atom is 0.287 e. The second kappa shape index (κ2) is 7.00. The molecule has 6 nitrogen and oxygen atoms in total. The van der Waals surface area contributed by atoms with E-state index in [9.17, 15) is 9.59 Å². The Labute approximate surface area is 150 Å². The van der Waals surface area contributed by atoms with Gasteiger partial charge in [0.25, 0.3) is 11.5 Å². The third-order valence-corrected chi connectivity index (χ3v) is 4.73. The van der Waals surface area contributed by atoms with Crippen molar-refractivity contribution in [3.8, 4) is 0 Å². The van der Waals surface area contributed by atoms with E-state index in [1.165, 1.54) is 6.26 Å². The average Bonchev–Trinajstić information content (AvgIpc) is 3.20. The zero-order valence-electron chi connectivity index (χ0n) is 14.2. The highest BCUT2D eigenvalue weighted by atomic mass is 16.3. The van der Waals surface area contributed by atoms with E-state index in [1.807, 2.05) is 22.8 Å². The van der Waals surface area contributed by atoms with E-state index in [0.29, 0.717) is 18.7 Å². The van der Waals surface area contributed by atoms with E-state index >= 15 is 0 Å². The molecule has 3 aromatic rings. The molecule has 26 heavy (non-hydrogen) atoms. The van der Waals surface area contributed by atoms with E-state index in [1.54, 1.807) is 30.6 Å². The summed E-state index contributed by atoms with van der Waals surface area (Å²) >= 11 is 0. The van der Waals surface area contributed by atoms with E-state index in [4.69, 9.17) is 4.42 Å². The summed E-state index contributed by atoms with van der Waals surface area (Å²) in [4.78, 5) is 28.7. The van der Waals surface area contributed by atoms with Crippen LogP contribution in [0.15, 0.2) is 64.3 Å². The lowest BCUT2D eigenvalue weighted by Gasteiger charge is -2.27. The van der Waals surface area contributed by atoms with Gasteiger partial charge in [-0.1, -0.05) is 12.1 Å². The monoisotopic (exact) mass is 349 g/mol. The number of hydrogen-bond donors (Lipinski definition) is 1. The first kappa shape index (κ1) is 16.3. The van der Waals surface area contributed by atoms with Crippen molar-refractivity contribution in [2.45, 2.75) is 31.8 Å². The fourth-order valence-electron chi connectivity index (χ4n) is 3.46. The Morgan fingerprint density at radius 1 is 1.27 bits per heavy atom. The predicted molar refractivity (Wildman–Crippen MR) is 96.0 cm³/mol. The molecule has 1 aliphatic carbocycles. The number of furan rings is 1. The van der Waals surface area contributed by atoms with Gasteiger partial charge in [-0.3, -0.25) is 14.6 Å². The summed E-state index contributed by atoms with van der Waals surface area (Å²) in [6, 6.07) is 10.7. The molecule has 3 aromatic heterocycles. The molecular weight excluding hydrogens is 330 g/mol. The molecule has 1 amide bonds. The normalized spacial score (nSPS) is 16.1. The molecule has 0 aliphatic heterocycles. The molecule has 6 heteroatoms. The molecule has 0 bridgehead atoms. The van der Waals surface area contributed by atoms with E-state index in [2.05, 4.69) is 10.3 Å². The van der Waals surface area contributed by atoms with Crippen LogP contribution in [0.1, 0.15) is 33.8 Å². The summed E-state index contributed by atoms with van der Waals surface area (Å²) in [5.74, 6) is 0.115. The summed E-state index contributed by atoms with van der Waals surface area (Å²) < 4.78 is 6.96. The second-order valence-corrected chi connectivity index (χ2v) is 6.48. The van der Waals surface area contributed by atoms with Gasteiger partial charge in [-0.05, 0) is 48.6 Å². The van der Waals surface area contributed by atoms with Crippen LogP contribution in [0.25, 0.3) is 0 Å². The van der Waals surface area contributed by atoms with Crippen LogP contribution in [-0.4, -0.2) is 21.5 Å². The molecular formula is C20H19N3O3. The Bertz CT molecular complexity index is 962. The number of rotatable bonds is 4. The van der Waals surface area contributed by atoms with Crippen molar-refractivity contribution in [1.29, 1.82) is 0 Å². The number of hydrogen-bond acceptors (Lipinski definition) is 4. The fourth-order valence-corrected chi connectivity index (χ4v) is 3.46. The van der Waals surface area contributed by atoms with Gasteiger partial charge in [0.05, 0.1) is 12.8 Å². The van der Waals surface area contributed by atoms with Gasteiger partial charge in [0.2, 0.25) is 0 Å². The first-order chi connectivity index (χ1) is 12.7. The number of nitrogens with one attached hydrogen (secondary N) is 1. The smallest absolute Gasteiger partial charge is 0.287 e. The van der Waals surface area contributed by atoms with Crippen LogP contribution >= 0.6 is 0 Å². The number of carbonyl (C=O) groups excluding carboxylic acids is 1. The molecule has 1 atom stereocenters. The Morgan fingerprint density at radius 2 is 2.19 bits per heavy atom.